The first-order chi connectivity index (χ1) is 3.83. The first-order valence-corrected chi connectivity index (χ1v) is 3.30. The molecule has 0 aromatic rings. The molecular formula is C5H11KN2P-. The molecule has 2 nitrogen and oxygen atoms in total. The van der Waals surface area contributed by atoms with Crippen LogP contribution in [-0.2, 0) is 0 Å². The molecule has 1 heterocycles. The summed E-state index contributed by atoms with van der Waals surface area (Å²) in [6.07, 6.45) is 0. The Labute approximate surface area is 102 Å². The predicted molar refractivity (Wildman–Crippen MR) is 38.7 cm³/mol. The first-order valence-electron chi connectivity index (χ1n) is 2.78. The van der Waals surface area contributed by atoms with Crippen molar-refractivity contribution in [2.75, 3.05) is 19.6 Å². The van der Waals surface area contributed by atoms with Crippen LogP contribution in [0, 0.1) is 6.92 Å². The van der Waals surface area contributed by atoms with Gasteiger partial charge in [-0.3, -0.25) is 11.2 Å². The Balaban J connectivity index is 0.000000640. The molecule has 1 aliphatic heterocycles. The minimum Gasteiger partial charge on any atom is -0.684 e. The van der Waals surface area contributed by atoms with Crippen LogP contribution in [0.15, 0.2) is 0 Å². The molecule has 1 saturated heterocycles. The molecule has 1 aliphatic rings. The second-order valence-electron chi connectivity index (χ2n) is 2.01. The molecule has 0 aromatic heterocycles. The Hall–Kier alpha value is 1.99. The van der Waals surface area contributed by atoms with Crippen LogP contribution in [0.25, 0.3) is 5.32 Å². The van der Waals surface area contributed by atoms with Crippen molar-refractivity contribution in [2.24, 2.45) is 0 Å². The van der Waals surface area contributed by atoms with Crippen LogP contribution in [0.2, 0.25) is 0 Å². The van der Waals surface area contributed by atoms with E-state index in [-0.39, 0.29) is 51.4 Å². The molecule has 0 bridgehead atoms. The summed E-state index contributed by atoms with van der Waals surface area (Å²) in [6, 6.07) is 0.574. The van der Waals surface area contributed by atoms with Gasteiger partial charge in [-0.05, 0) is 13.1 Å². The van der Waals surface area contributed by atoms with E-state index in [1.807, 2.05) is 0 Å². The van der Waals surface area contributed by atoms with Crippen molar-refractivity contribution in [2.45, 2.75) is 6.04 Å². The SMILES string of the molecule is [CH2-]C[N-]C1CN(P)C1.[K+]. The van der Waals surface area contributed by atoms with Gasteiger partial charge in [0.15, 0.2) is 0 Å². The third-order valence-electron chi connectivity index (χ3n) is 1.28. The summed E-state index contributed by atoms with van der Waals surface area (Å²) < 4.78 is 2.17. The maximum Gasteiger partial charge on any atom is 1.00 e. The summed E-state index contributed by atoms with van der Waals surface area (Å²) in [7, 11) is 2.65. The van der Waals surface area contributed by atoms with E-state index < -0.39 is 0 Å². The molecule has 4 heteroatoms. The normalized spacial score (nSPS) is 20.7. The molecule has 0 aromatic carbocycles. The number of hydrogen-bond acceptors (Lipinski definition) is 1. The van der Waals surface area contributed by atoms with Gasteiger partial charge >= 0.3 is 51.4 Å². The number of hydrogen-bond donors (Lipinski definition) is 0. The monoisotopic (exact) mass is 169 g/mol. The molecule has 1 rings (SSSR count). The van der Waals surface area contributed by atoms with Gasteiger partial charge in [-0.1, -0.05) is 9.39 Å². The zero-order chi connectivity index (χ0) is 5.98. The summed E-state index contributed by atoms with van der Waals surface area (Å²) in [5.41, 5.74) is 0. The van der Waals surface area contributed by atoms with Crippen molar-refractivity contribution < 1.29 is 51.4 Å². The molecule has 9 heavy (non-hydrogen) atoms. The molecule has 0 aliphatic carbocycles. The van der Waals surface area contributed by atoms with Crippen molar-refractivity contribution in [1.29, 1.82) is 0 Å². The Morgan fingerprint density at radius 2 is 2.22 bits per heavy atom. The van der Waals surface area contributed by atoms with Gasteiger partial charge in [0.05, 0.1) is 0 Å². The number of nitrogens with zero attached hydrogens (tertiary/aromatic N) is 2. The van der Waals surface area contributed by atoms with E-state index in [4.69, 9.17) is 0 Å². The van der Waals surface area contributed by atoms with Gasteiger partial charge in [0.25, 0.3) is 0 Å². The van der Waals surface area contributed by atoms with E-state index in [0.717, 1.165) is 19.6 Å². The van der Waals surface area contributed by atoms with Crippen LogP contribution < -0.4 is 51.4 Å². The van der Waals surface area contributed by atoms with E-state index in [1.54, 1.807) is 0 Å². The quantitative estimate of drug-likeness (QED) is 0.257. The van der Waals surface area contributed by atoms with Gasteiger partial charge in [-0.25, -0.2) is 0 Å². The van der Waals surface area contributed by atoms with Gasteiger partial charge in [-0.15, -0.1) is 6.04 Å². The summed E-state index contributed by atoms with van der Waals surface area (Å²) in [5.74, 6) is 0. The van der Waals surface area contributed by atoms with Gasteiger partial charge < -0.3 is 12.2 Å². The van der Waals surface area contributed by atoms with Crippen LogP contribution in [0.4, 0.5) is 0 Å². The van der Waals surface area contributed by atoms with Crippen molar-refractivity contribution in [3.63, 3.8) is 0 Å². The fourth-order valence-electron chi connectivity index (χ4n) is 0.786. The molecule has 0 N–H and O–H groups in total. The van der Waals surface area contributed by atoms with E-state index in [0.29, 0.717) is 6.04 Å². The second kappa shape index (κ2) is 5.61. The molecular weight excluding hydrogens is 158 g/mol. The topological polar surface area (TPSA) is 17.3 Å². The fourth-order valence-corrected chi connectivity index (χ4v) is 1.27. The third-order valence-corrected chi connectivity index (χ3v) is 1.70. The standard InChI is InChI=1S/C5H11N2P.K/c1-2-6-5-3-7(8)4-5;/h5H,1-4,8H2;/q-2;+1. The van der Waals surface area contributed by atoms with Crippen LogP contribution >= 0.6 is 9.39 Å². The van der Waals surface area contributed by atoms with Gasteiger partial charge in [0.1, 0.15) is 0 Å². The molecule has 48 valence electrons. The van der Waals surface area contributed by atoms with Gasteiger partial charge in [0, 0.05) is 0 Å². The van der Waals surface area contributed by atoms with Crippen molar-refractivity contribution in [1.82, 2.24) is 4.67 Å². The van der Waals surface area contributed by atoms with Gasteiger partial charge in [0.2, 0.25) is 0 Å². The van der Waals surface area contributed by atoms with Gasteiger partial charge in [-0.2, -0.15) is 0 Å². The minimum absolute atomic E-state index is 0. The molecule has 0 saturated carbocycles. The third kappa shape index (κ3) is 3.78. The van der Waals surface area contributed by atoms with Crippen molar-refractivity contribution in [3.05, 3.63) is 12.2 Å². The molecule has 1 unspecified atom stereocenters. The molecule has 1 atom stereocenters. The van der Waals surface area contributed by atoms with Crippen molar-refractivity contribution in [3.8, 4) is 0 Å². The first kappa shape index (κ1) is 11.0. The van der Waals surface area contributed by atoms with Crippen molar-refractivity contribution >= 4 is 9.39 Å². The Morgan fingerprint density at radius 3 is 2.56 bits per heavy atom. The van der Waals surface area contributed by atoms with Crippen LogP contribution in [-0.4, -0.2) is 30.3 Å². The Kier molecular flexibility index (Phi) is 6.85. The zero-order valence-corrected chi connectivity index (χ0v) is 10.2. The summed E-state index contributed by atoms with van der Waals surface area (Å²) in [6.45, 7) is 6.56. The maximum absolute atomic E-state index is 4.21. The summed E-state index contributed by atoms with van der Waals surface area (Å²) >= 11 is 0. The largest absolute Gasteiger partial charge is 1.00 e. The van der Waals surface area contributed by atoms with E-state index in [2.05, 4.69) is 26.3 Å². The summed E-state index contributed by atoms with van der Waals surface area (Å²) in [5, 5.41) is 4.21. The van der Waals surface area contributed by atoms with E-state index in [1.165, 1.54) is 0 Å². The van der Waals surface area contributed by atoms with Crippen LogP contribution in [0.5, 0.6) is 0 Å². The van der Waals surface area contributed by atoms with Crippen LogP contribution in [0.3, 0.4) is 0 Å². The summed E-state index contributed by atoms with van der Waals surface area (Å²) in [4.78, 5) is 0. The molecule has 0 spiro atoms. The number of rotatable bonds is 2. The van der Waals surface area contributed by atoms with E-state index >= 15 is 0 Å². The Bertz CT molecular complexity index is 72.6. The maximum atomic E-state index is 4.21. The minimum atomic E-state index is 0. The van der Waals surface area contributed by atoms with Crippen LogP contribution in [0.1, 0.15) is 0 Å². The average Bonchev–Trinajstić information content (AvgIpc) is 1.64. The molecule has 0 radical (unpaired) electrons. The average molecular weight is 169 g/mol. The second-order valence-corrected chi connectivity index (χ2v) is 2.74. The zero-order valence-electron chi connectivity index (χ0n) is 5.88. The predicted octanol–water partition coefficient (Wildman–Crippen LogP) is -2.33. The Morgan fingerprint density at radius 1 is 1.67 bits per heavy atom. The molecule has 0 amide bonds. The van der Waals surface area contributed by atoms with E-state index in [9.17, 15) is 0 Å². The fraction of sp³-hybridized carbons (Fsp3) is 0.800. The smallest absolute Gasteiger partial charge is 0.684 e. The molecule has 1 fully saturated rings.